The summed E-state index contributed by atoms with van der Waals surface area (Å²) in [5.41, 5.74) is 3.88. The van der Waals surface area contributed by atoms with Crippen LogP contribution in [0.4, 0.5) is 5.13 Å². The van der Waals surface area contributed by atoms with Crippen LogP contribution in [-0.2, 0) is 47.5 Å². The summed E-state index contributed by atoms with van der Waals surface area (Å²) < 4.78 is 46.7. The predicted octanol–water partition coefficient (Wildman–Crippen LogP) is -1.32. The molecule has 0 radical (unpaired) electrons. The number of amides is 1. The number of oxime groups is 1. The van der Waals surface area contributed by atoms with E-state index in [2.05, 4.69) is 19.7 Å². The number of thiazole rings is 1. The minimum absolute atomic E-state index is 0.0393. The van der Waals surface area contributed by atoms with Crippen LogP contribution < -0.4 is 20.5 Å². The molecule has 248 valence electrons. The third-order valence-electron chi connectivity index (χ3n) is 7.79. The van der Waals surface area contributed by atoms with Gasteiger partial charge in [0.25, 0.3) is 12.0 Å². The van der Waals surface area contributed by atoms with E-state index in [1.165, 1.54) is 19.2 Å². The van der Waals surface area contributed by atoms with Gasteiger partial charge >= 0.3 is 5.97 Å². The topological polar surface area (TPSA) is 252 Å². The second-order valence-corrected chi connectivity index (χ2v) is 13.4. The predicted molar refractivity (Wildman–Crippen MR) is 157 cm³/mol. The van der Waals surface area contributed by atoms with Crippen molar-refractivity contribution >= 4 is 61.1 Å². The number of hydrogen-bond acceptors (Lipinski definition) is 15. The third kappa shape index (κ3) is 6.81. The second kappa shape index (κ2) is 12.2. The zero-order valence-corrected chi connectivity index (χ0v) is 26.4. The number of aryl methyl sites for hydroxylation is 1. The van der Waals surface area contributed by atoms with Crippen molar-refractivity contribution in [1.29, 1.82) is 0 Å². The van der Waals surface area contributed by atoms with Crippen LogP contribution in [0, 0.1) is 5.92 Å². The number of anilines is 1. The van der Waals surface area contributed by atoms with Crippen molar-refractivity contribution in [2.75, 3.05) is 25.4 Å². The van der Waals surface area contributed by atoms with E-state index in [0.29, 0.717) is 30.4 Å². The zero-order valence-electron chi connectivity index (χ0n) is 24.8. The molecule has 5 N–H and O–H groups in total. The molecule has 2 fully saturated rings. The molecule has 2 aliphatic rings. The molecule has 2 saturated heterocycles. The van der Waals surface area contributed by atoms with Gasteiger partial charge in [0.1, 0.15) is 23.6 Å². The summed E-state index contributed by atoms with van der Waals surface area (Å²) in [4.78, 5) is 47.1. The molecule has 4 heterocycles. The summed E-state index contributed by atoms with van der Waals surface area (Å²) in [5, 5.41) is 29.7. The quantitative estimate of drug-likeness (QED) is 0.0385. The van der Waals surface area contributed by atoms with Gasteiger partial charge in [-0.15, -0.1) is 16.0 Å². The standard InChI is InChI=1S/C26H31N7O11S2/c1-25(2)16(22(35)33(25)44-46(39,40)41)7-19(34)21(17-10-45-24(27)29-17)30-43-20(23(36)37)9-42-15-4-5-18-14(6-15)8-32(31(18)3)13-26(38)11-28-12-26/h4-6,8,10,16,20,28,38H,7,9,11-13H2,1-3H3,(H3-,27,29,36,37,39,40,41)/b30-21-/t16-,20+/m1/s1. The third-order valence-corrected chi connectivity index (χ3v) is 8.80. The molecule has 0 unspecified atom stereocenters. The molecule has 20 heteroatoms. The molecule has 0 bridgehead atoms. The molecule has 0 spiro atoms. The lowest BCUT2D eigenvalue weighted by molar-refractivity contribution is -0.782. The molecule has 18 nitrogen and oxygen atoms in total. The number of aliphatic hydroxyl groups is 1. The normalized spacial score (nSPS) is 19.8. The minimum atomic E-state index is -5.24. The fourth-order valence-electron chi connectivity index (χ4n) is 5.10. The van der Waals surface area contributed by atoms with Gasteiger partial charge in [0.15, 0.2) is 22.2 Å². The van der Waals surface area contributed by atoms with Crippen molar-refractivity contribution < 1.29 is 56.1 Å². The lowest BCUT2D eigenvalue weighted by Gasteiger charge is -2.51. The van der Waals surface area contributed by atoms with Gasteiger partial charge in [0.05, 0.1) is 23.9 Å². The number of nitrogen functional groups attached to an aromatic ring is 1. The number of aliphatic carboxylic acids is 1. The highest BCUT2D eigenvalue weighted by atomic mass is 32.3. The number of fused-ring (bicyclic) bond motifs is 1. The highest BCUT2D eigenvalue weighted by Gasteiger charge is 2.57. The maximum Gasteiger partial charge on any atom is 0.351 e. The minimum Gasteiger partial charge on any atom is -0.724 e. The van der Waals surface area contributed by atoms with Gasteiger partial charge in [0, 0.05) is 24.9 Å². The number of carbonyl (C=O) groups is 3. The van der Waals surface area contributed by atoms with Crippen molar-refractivity contribution in [3.05, 3.63) is 35.5 Å². The number of carboxylic acids is 1. The van der Waals surface area contributed by atoms with Gasteiger partial charge in [-0.25, -0.2) is 18.2 Å². The first-order valence-electron chi connectivity index (χ1n) is 13.7. The number of aromatic nitrogens is 3. The average Bonchev–Trinajstić information content (AvgIpc) is 3.52. The van der Waals surface area contributed by atoms with Gasteiger partial charge < -0.3 is 35.4 Å². The number of benzene rings is 1. The van der Waals surface area contributed by atoms with Crippen molar-refractivity contribution in [2.24, 2.45) is 18.1 Å². The Bertz CT molecular complexity index is 1830. The summed E-state index contributed by atoms with van der Waals surface area (Å²) in [6.07, 6.45) is -0.364. The highest BCUT2D eigenvalue weighted by molar-refractivity contribution is 7.80. The monoisotopic (exact) mass is 681 g/mol. The molecule has 1 aromatic carbocycles. The van der Waals surface area contributed by atoms with E-state index in [9.17, 15) is 37.6 Å². The summed E-state index contributed by atoms with van der Waals surface area (Å²) in [7, 11) is -3.39. The first-order valence-corrected chi connectivity index (χ1v) is 15.9. The SMILES string of the molecule is Cn1c2ccc(OC[C@H](O/N=C(\C(=O)C[C@@H]3C(=O)N(OS(=O)(=O)[O-])C3(C)C)c3csc(N)n3)C(=O)O)cc2c[n+]1CC1(O)CNC1. The number of hydrogen-bond donors (Lipinski definition) is 4. The Hall–Kier alpha value is -4.21. The molecule has 46 heavy (non-hydrogen) atoms. The summed E-state index contributed by atoms with van der Waals surface area (Å²) >= 11 is 0.975. The highest BCUT2D eigenvalue weighted by Crippen LogP contribution is 2.40. The number of carbonyl (C=O) groups excluding carboxylic acids is 2. The molecule has 2 atom stereocenters. The van der Waals surface area contributed by atoms with E-state index >= 15 is 0 Å². The molecule has 1 amide bonds. The molecular weight excluding hydrogens is 650 g/mol. The van der Waals surface area contributed by atoms with Crippen LogP contribution in [0.25, 0.3) is 10.9 Å². The molecule has 5 rings (SSSR count). The van der Waals surface area contributed by atoms with Crippen molar-refractivity contribution in [3.63, 3.8) is 0 Å². The van der Waals surface area contributed by atoms with E-state index in [4.69, 9.17) is 15.3 Å². The van der Waals surface area contributed by atoms with Crippen molar-refractivity contribution in [3.8, 4) is 5.75 Å². The van der Waals surface area contributed by atoms with Crippen molar-refractivity contribution in [1.82, 2.24) is 20.0 Å². The van der Waals surface area contributed by atoms with Gasteiger partial charge in [-0.05, 0) is 32.0 Å². The number of nitrogens with two attached hydrogens (primary N) is 1. The number of Topliss-reactive ketones (excluding diaryl/α,β-unsaturated/α-hetero) is 1. The first kappa shape index (κ1) is 33.2. The number of rotatable bonds is 14. The largest absolute Gasteiger partial charge is 0.724 e. The maximum absolute atomic E-state index is 13.3. The van der Waals surface area contributed by atoms with Crippen LogP contribution in [0.5, 0.6) is 5.75 Å². The van der Waals surface area contributed by atoms with E-state index in [1.807, 2.05) is 22.6 Å². The average molecular weight is 682 g/mol. The molecule has 0 saturated carbocycles. The van der Waals surface area contributed by atoms with Crippen LogP contribution in [-0.4, -0.2) is 98.2 Å². The van der Waals surface area contributed by atoms with Crippen LogP contribution in [0.1, 0.15) is 26.0 Å². The molecule has 2 aromatic heterocycles. The Labute approximate surface area is 265 Å². The Morgan fingerprint density at radius 2 is 2.07 bits per heavy atom. The van der Waals surface area contributed by atoms with Gasteiger partial charge in [-0.1, -0.05) is 5.16 Å². The van der Waals surface area contributed by atoms with Crippen LogP contribution >= 0.6 is 11.3 Å². The fraction of sp³-hybridized carbons (Fsp3) is 0.462. The summed E-state index contributed by atoms with van der Waals surface area (Å²) in [5.74, 6) is -3.95. The second-order valence-electron chi connectivity index (χ2n) is 11.5. The Morgan fingerprint density at radius 1 is 1.35 bits per heavy atom. The van der Waals surface area contributed by atoms with E-state index in [1.54, 1.807) is 18.2 Å². The Morgan fingerprint density at radius 3 is 2.63 bits per heavy atom. The lowest BCUT2D eigenvalue weighted by atomic mass is 9.74. The van der Waals surface area contributed by atoms with Crippen LogP contribution in [0.15, 0.2) is 34.9 Å². The number of hydroxylamine groups is 2. The van der Waals surface area contributed by atoms with Crippen LogP contribution in [0.3, 0.4) is 0 Å². The number of nitrogens with zero attached hydrogens (tertiary/aromatic N) is 5. The van der Waals surface area contributed by atoms with E-state index < -0.39 is 70.0 Å². The fourth-order valence-corrected chi connectivity index (χ4v) is 6.10. The Balaban J connectivity index is 1.29. The van der Waals surface area contributed by atoms with Gasteiger partial charge in [0.2, 0.25) is 23.1 Å². The number of carboxylic acid groups (broad SMARTS) is 1. The summed E-state index contributed by atoms with van der Waals surface area (Å²) in [6.45, 7) is 3.62. The zero-order chi connectivity index (χ0) is 33.6. The molecule has 0 aliphatic carbocycles. The number of β-lactam (4-membered cyclic amide) rings is 1. The number of ether oxygens (including phenoxy) is 1. The number of nitrogens with one attached hydrogen (secondary N) is 1. The number of ketones is 1. The van der Waals surface area contributed by atoms with E-state index in [0.717, 1.165) is 22.2 Å². The van der Waals surface area contributed by atoms with Gasteiger partial charge in [-0.2, -0.15) is 14.0 Å². The van der Waals surface area contributed by atoms with E-state index in [-0.39, 0.29) is 10.8 Å². The molecule has 2 aliphatic heterocycles. The molecular formula is C26H31N7O11S2. The molecule has 3 aromatic rings. The lowest BCUT2D eigenvalue weighted by Crippen LogP contribution is -2.68. The smallest absolute Gasteiger partial charge is 0.351 e. The number of β-amino-alcohol motifs (C(OH)–C–C–N with tert-alkyl or cyclic N) is 1. The maximum atomic E-state index is 13.3. The van der Waals surface area contributed by atoms with Crippen molar-refractivity contribution in [2.45, 2.75) is 44.1 Å². The van der Waals surface area contributed by atoms with Gasteiger partial charge in [-0.3, -0.25) is 9.59 Å². The van der Waals surface area contributed by atoms with Crippen LogP contribution in [0.2, 0.25) is 0 Å². The summed E-state index contributed by atoms with van der Waals surface area (Å²) in [6, 6.07) is 5.13. The Kier molecular flexibility index (Phi) is 8.79. The first-order chi connectivity index (χ1) is 21.5.